The Bertz CT molecular complexity index is 781. The number of fused-ring (bicyclic) bond motifs is 1. The Morgan fingerprint density at radius 2 is 1.79 bits per heavy atom. The highest BCUT2D eigenvalue weighted by molar-refractivity contribution is 5.79. The molecular weight excluding hydrogens is 298 g/mol. The van der Waals surface area contributed by atoms with E-state index in [1.807, 2.05) is 6.08 Å². The molecule has 1 N–H and O–H groups in total. The van der Waals surface area contributed by atoms with E-state index in [-0.39, 0.29) is 17.4 Å². The van der Waals surface area contributed by atoms with Crippen molar-refractivity contribution in [3.05, 3.63) is 52.4 Å². The molecule has 3 nitrogen and oxygen atoms in total. The Hall–Kier alpha value is -1.87. The molecule has 0 bridgehead atoms. The van der Waals surface area contributed by atoms with Gasteiger partial charge < -0.3 is 9.63 Å². The van der Waals surface area contributed by atoms with Crippen LogP contribution in [0.15, 0.2) is 28.8 Å². The lowest BCUT2D eigenvalue weighted by Gasteiger charge is -2.42. The van der Waals surface area contributed by atoms with Crippen molar-refractivity contribution in [3.63, 3.8) is 0 Å². The van der Waals surface area contributed by atoms with Crippen LogP contribution in [0.5, 0.6) is 0 Å². The molecule has 0 saturated heterocycles. The molecule has 0 atom stereocenters. The molecule has 0 amide bonds. The van der Waals surface area contributed by atoms with E-state index >= 15 is 0 Å². The van der Waals surface area contributed by atoms with Gasteiger partial charge in [-0.3, -0.25) is 0 Å². The van der Waals surface area contributed by atoms with Crippen molar-refractivity contribution in [2.24, 2.45) is 0 Å². The third kappa shape index (κ3) is 3.05. The average Bonchev–Trinajstić information content (AvgIpc) is 2.99. The summed E-state index contributed by atoms with van der Waals surface area (Å²) in [6.07, 6.45) is 4.42. The van der Waals surface area contributed by atoms with Gasteiger partial charge in [0.1, 0.15) is 5.69 Å². The van der Waals surface area contributed by atoms with Gasteiger partial charge in [0.15, 0.2) is 5.76 Å². The van der Waals surface area contributed by atoms with Gasteiger partial charge in [-0.05, 0) is 58.9 Å². The summed E-state index contributed by atoms with van der Waals surface area (Å²) in [6, 6.07) is 8.61. The molecule has 0 fully saturated rings. The van der Waals surface area contributed by atoms with Gasteiger partial charge in [0.2, 0.25) is 0 Å². The van der Waals surface area contributed by atoms with Crippen molar-refractivity contribution >= 4 is 11.6 Å². The molecule has 24 heavy (non-hydrogen) atoms. The average molecular weight is 325 g/mol. The summed E-state index contributed by atoms with van der Waals surface area (Å²) in [4.78, 5) is 0. The molecule has 1 aromatic heterocycles. The van der Waals surface area contributed by atoms with Crippen LogP contribution in [-0.4, -0.2) is 10.3 Å². The Labute approximate surface area is 144 Å². The van der Waals surface area contributed by atoms with E-state index in [9.17, 15) is 0 Å². The first kappa shape index (κ1) is 17.0. The SMILES string of the molecule is C/C(=C\c1cc(CO)no1)c1ccc2c(c1)C(C)(C)CCC2(C)C. The summed E-state index contributed by atoms with van der Waals surface area (Å²) in [7, 11) is 0. The summed E-state index contributed by atoms with van der Waals surface area (Å²) >= 11 is 0. The number of hydrogen-bond acceptors (Lipinski definition) is 3. The molecule has 0 aliphatic heterocycles. The lowest BCUT2D eigenvalue weighted by molar-refractivity contribution is 0.266. The lowest BCUT2D eigenvalue weighted by atomic mass is 9.63. The van der Waals surface area contributed by atoms with Gasteiger partial charge in [0.05, 0.1) is 6.61 Å². The van der Waals surface area contributed by atoms with Gasteiger partial charge >= 0.3 is 0 Å². The van der Waals surface area contributed by atoms with Crippen LogP contribution in [0, 0.1) is 0 Å². The van der Waals surface area contributed by atoms with E-state index in [0.717, 1.165) is 5.57 Å². The third-order valence-electron chi connectivity index (χ3n) is 5.41. The molecule has 0 saturated carbocycles. The maximum absolute atomic E-state index is 9.10. The number of benzene rings is 1. The molecule has 0 spiro atoms. The molecule has 0 unspecified atom stereocenters. The number of allylic oxidation sites excluding steroid dienone is 1. The highest BCUT2D eigenvalue weighted by atomic mass is 16.5. The topological polar surface area (TPSA) is 46.3 Å². The first-order chi connectivity index (χ1) is 11.2. The quantitative estimate of drug-likeness (QED) is 0.856. The minimum atomic E-state index is -0.0987. The predicted molar refractivity (Wildman–Crippen MR) is 97.7 cm³/mol. The van der Waals surface area contributed by atoms with E-state index in [0.29, 0.717) is 11.5 Å². The molecule has 1 heterocycles. The second-order valence-electron chi connectivity index (χ2n) is 8.23. The molecule has 3 heteroatoms. The van der Waals surface area contributed by atoms with Crippen molar-refractivity contribution in [3.8, 4) is 0 Å². The first-order valence-corrected chi connectivity index (χ1v) is 8.63. The number of hydrogen-bond donors (Lipinski definition) is 1. The van der Waals surface area contributed by atoms with Crippen molar-refractivity contribution < 1.29 is 9.63 Å². The van der Waals surface area contributed by atoms with Gasteiger partial charge in [-0.1, -0.05) is 51.1 Å². The highest BCUT2D eigenvalue weighted by Gasteiger charge is 2.36. The predicted octanol–water partition coefficient (Wildman–Crippen LogP) is 5.08. The molecule has 0 radical (unpaired) electrons. The van der Waals surface area contributed by atoms with Crippen molar-refractivity contribution in [1.82, 2.24) is 5.16 Å². The van der Waals surface area contributed by atoms with Gasteiger partial charge in [-0.25, -0.2) is 0 Å². The Kier molecular flexibility index (Phi) is 4.16. The molecule has 128 valence electrons. The second kappa shape index (κ2) is 5.89. The molecule has 2 aromatic rings. The summed E-state index contributed by atoms with van der Waals surface area (Å²) in [5.74, 6) is 0.675. The van der Waals surface area contributed by atoms with Gasteiger partial charge in [-0.15, -0.1) is 0 Å². The van der Waals surface area contributed by atoms with E-state index in [4.69, 9.17) is 9.63 Å². The van der Waals surface area contributed by atoms with Crippen molar-refractivity contribution in [1.29, 1.82) is 0 Å². The Morgan fingerprint density at radius 1 is 1.12 bits per heavy atom. The number of aliphatic hydroxyl groups excluding tert-OH is 1. The second-order valence-corrected chi connectivity index (χ2v) is 8.23. The number of aliphatic hydroxyl groups is 1. The van der Waals surface area contributed by atoms with Crippen molar-refractivity contribution in [2.45, 2.75) is 64.9 Å². The summed E-state index contributed by atoms with van der Waals surface area (Å²) in [5, 5.41) is 12.9. The van der Waals surface area contributed by atoms with Gasteiger partial charge in [-0.2, -0.15) is 0 Å². The van der Waals surface area contributed by atoms with Crippen LogP contribution < -0.4 is 0 Å². The minimum absolute atomic E-state index is 0.0987. The molecule has 1 aliphatic rings. The molecular formula is C21H27NO2. The smallest absolute Gasteiger partial charge is 0.160 e. The Morgan fingerprint density at radius 3 is 2.42 bits per heavy atom. The zero-order valence-electron chi connectivity index (χ0n) is 15.3. The van der Waals surface area contributed by atoms with E-state index in [1.165, 1.54) is 29.5 Å². The largest absolute Gasteiger partial charge is 0.390 e. The number of rotatable bonds is 3. The normalized spacial score (nSPS) is 19.2. The van der Waals surface area contributed by atoms with E-state index in [1.54, 1.807) is 6.07 Å². The zero-order valence-corrected chi connectivity index (χ0v) is 15.3. The Balaban J connectivity index is 2.01. The van der Waals surface area contributed by atoms with Crippen LogP contribution in [-0.2, 0) is 17.4 Å². The third-order valence-corrected chi connectivity index (χ3v) is 5.41. The molecule has 1 aromatic carbocycles. The van der Waals surface area contributed by atoms with Gasteiger partial charge in [0, 0.05) is 6.07 Å². The number of aromatic nitrogens is 1. The van der Waals surface area contributed by atoms with Gasteiger partial charge in [0.25, 0.3) is 0 Å². The van der Waals surface area contributed by atoms with Crippen LogP contribution in [0.2, 0.25) is 0 Å². The standard InChI is InChI=1S/C21H27NO2/c1-14(10-17-12-16(13-23)22-24-17)15-6-7-18-19(11-15)21(4,5)9-8-20(18,2)3/h6-7,10-12,23H,8-9,13H2,1-5H3/b14-10+. The molecule has 3 rings (SSSR count). The molecule has 1 aliphatic carbocycles. The lowest BCUT2D eigenvalue weighted by Crippen LogP contribution is -2.33. The summed E-state index contributed by atoms with van der Waals surface area (Å²) in [6.45, 7) is 11.4. The first-order valence-electron chi connectivity index (χ1n) is 8.63. The summed E-state index contributed by atoms with van der Waals surface area (Å²) in [5.41, 5.74) is 6.27. The monoisotopic (exact) mass is 325 g/mol. The van der Waals surface area contributed by atoms with E-state index in [2.05, 4.69) is 58.0 Å². The maximum atomic E-state index is 9.10. The van der Waals surface area contributed by atoms with Crippen LogP contribution in [0.1, 0.15) is 75.6 Å². The van der Waals surface area contributed by atoms with Crippen LogP contribution in [0.4, 0.5) is 0 Å². The van der Waals surface area contributed by atoms with Crippen LogP contribution in [0.3, 0.4) is 0 Å². The fourth-order valence-corrected chi connectivity index (χ4v) is 3.60. The zero-order chi connectivity index (χ0) is 17.5. The minimum Gasteiger partial charge on any atom is -0.390 e. The number of nitrogens with zero attached hydrogens (tertiary/aromatic N) is 1. The van der Waals surface area contributed by atoms with Crippen LogP contribution >= 0.6 is 0 Å². The highest BCUT2D eigenvalue weighted by Crippen LogP contribution is 2.46. The maximum Gasteiger partial charge on any atom is 0.160 e. The fraction of sp³-hybridized carbons (Fsp3) is 0.476. The summed E-state index contributed by atoms with van der Waals surface area (Å²) < 4.78 is 5.25. The van der Waals surface area contributed by atoms with Crippen LogP contribution in [0.25, 0.3) is 11.6 Å². The fourth-order valence-electron chi connectivity index (χ4n) is 3.60. The van der Waals surface area contributed by atoms with Crippen molar-refractivity contribution in [2.75, 3.05) is 0 Å². The van der Waals surface area contributed by atoms with E-state index < -0.39 is 0 Å².